The van der Waals surface area contributed by atoms with E-state index in [9.17, 15) is 14.7 Å². The zero-order valence-corrected chi connectivity index (χ0v) is 13.9. The molecule has 1 N–H and O–H groups in total. The number of carboxylic acid groups (broad SMARTS) is 1. The average Bonchev–Trinajstić information content (AvgIpc) is 2.96. The molecular weight excluding hydrogens is 318 g/mol. The van der Waals surface area contributed by atoms with Crippen molar-refractivity contribution < 1.29 is 19.4 Å². The first kappa shape index (κ1) is 16.8. The van der Waals surface area contributed by atoms with E-state index in [1.54, 1.807) is 0 Å². The maximum Gasteiger partial charge on any atom is 0.411 e. The number of ether oxygens (including phenoxy) is 1. The van der Waals surface area contributed by atoms with Crippen molar-refractivity contribution in [1.29, 1.82) is 0 Å². The Morgan fingerprint density at radius 2 is 1.68 bits per heavy atom. The number of hydrogen-bond acceptors (Lipinski definition) is 3. The van der Waals surface area contributed by atoms with E-state index in [2.05, 4.69) is 6.58 Å². The fraction of sp³-hybridized carbons (Fsp3) is 0.200. The first-order valence-corrected chi connectivity index (χ1v) is 7.98. The number of methoxy groups -OCH3 is 1. The van der Waals surface area contributed by atoms with Gasteiger partial charge in [0.25, 0.3) is 0 Å². The Morgan fingerprint density at radius 3 is 2.12 bits per heavy atom. The molecule has 25 heavy (non-hydrogen) atoms. The van der Waals surface area contributed by atoms with E-state index in [0.717, 1.165) is 22.3 Å². The third-order valence-corrected chi connectivity index (χ3v) is 4.48. The Balaban J connectivity index is 2.20. The van der Waals surface area contributed by atoms with Crippen LogP contribution < -0.4 is 0 Å². The average molecular weight is 337 g/mol. The highest BCUT2D eigenvalue weighted by atomic mass is 16.5. The van der Waals surface area contributed by atoms with Gasteiger partial charge in [-0.05, 0) is 28.7 Å². The molecule has 0 radical (unpaired) electrons. The fourth-order valence-corrected chi connectivity index (χ4v) is 3.44. The minimum Gasteiger partial charge on any atom is -0.480 e. The number of hydrogen-bond donors (Lipinski definition) is 1. The predicted molar refractivity (Wildman–Crippen MR) is 94.2 cm³/mol. The zero-order valence-electron chi connectivity index (χ0n) is 13.9. The van der Waals surface area contributed by atoms with Gasteiger partial charge < -0.3 is 9.84 Å². The minimum absolute atomic E-state index is 0.130. The van der Waals surface area contributed by atoms with Gasteiger partial charge in [-0.3, -0.25) is 4.90 Å². The molecule has 0 fully saturated rings. The molecule has 3 rings (SSSR count). The largest absolute Gasteiger partial charge is 0.480 e. The second-order valence-corrected chi connectivity index (χ2v) is 5.83. The molecule has 2 aromatic rings. The summed E-state index contributed by atoms with van der Waals surface area (Å²) < 4.78 is 4.92. The molecule has 0 aromatic heterocycles. The SMILES string of the molecule is C=CC[C@H](C(=O)O)N(C(=O)OC)C1c2ccccc2-c2ccccc21. The molecule has 0 saturated heterocycles. The smallest absolute Gasteiger partial charge is 0.411 e. The highest BCUT2D eigenvalue weighted by Gasteiger charge is 2.41. The van der Waals surface area contributed by atoms with Crippen molar-refractivity contribution in [2.24, 2.45) is 0 Å². The number of amides is 1. The molecule has 0 aliphatic heterocycles. The lowest BCUT2D eigenvalue weighted by atomic mass is 10.0. The molecule has 1 aliphatic rings. The van der Waals surface area contributed by atoms with Crippen LogP contribution >= 0.6 is 0 Å². The first-order chi connectivity index (χ1) is 12.1. The van der Waals surface area contributed by atoms with E-state index in [1.165, 1.54) is 18.1 Å². The second-order valence-electron chi connectivity index (χ2n) is 5.83. The van der Waals surface area contributed by atoms with Crippen molar-refractivity contribution in [2.45, 2.75) is 18.5 Å². The van der Waals surface area contributed by atoms with Gasteiger partial charge in [-0.15, -0.1) is 6.58 Å². The Bertz CT molecular complexity index is 784. The Morgan fingerprint density at radius 1 is 1.16 bits per heavy atom. The molecule has 1 aliphatic carbocycles. The number of carbonyl (C=O) groups is 2. The van der Waals surface area contributed by atoms with Crippen LogP contribution in [-0.2, 0) is 9.53 Å². The Hall–Kier alpha value is -3.08. The number of fused-ring (bicyclic) bond motifs is 3. The maximum absolute atomic E-state index is 12.5. The normalized spacial score (nSPS) is 13.5. The van der Waals surface area contributed by atoms with Crippen LogP contribution in [0.5, 0.6) is 0 Å². The van der Waals surface area contributed by atoms with E-state index in [0.29, 0.717) is 0 Å². The highest BCUT2D eigenvalue weighted by Crippen LogP contribution is 2.47. The Labute approximate surface area is 146 Å². The second kappa shape index (κ2) is 6.81. The topological polar surface area (TPSA) is 66.8 Å². The van der Waals surface area contributed by atoms with Crippen molar-refractivity contribution in [3.63, 3.8) is 0 Å². The van der Waals surface area contributed by atoms with E-state index < -0.39 is 24.1 Å². The summed E-state index contributed by atoms with van der Waals surface area (Å²) in [6.07, 6.45) is 0.956. The molecule has 2 aromatic carbocycles. The zero-order chi connectivity index (χ0) is 18.0. The van der Waals surface area contributed by atoms with Gasteiger partial charge in [-0.1, -0.05) is 54.6 Å². The van der Waals surface area contributed by atoms with Gasteiger partial charge in [-0.25, -0.2) is 9.59 Å². The van der Waals surface area contributed by atoms with Crippen LogP contribution in [0.25, 0.3) is 11.1 Å². The van der Waals surface area contributed by atoms with Gasteiger partial charge in [-0.2, -0.15) is 0 Å². The van der Waals surface area contributed by atoms with Crippen LogP contribution in [0.2, 0.25) is 0 Å². The number of benzene rings is 2. The first-order valence-electron chi connectivity index (χ1n) is 7.98. The minimum atomic E-state index is -1.09. The van der Waals surface area contributed by atoms with Gasteiger partial charge in [0.15, 0.2) is 0 Å². The molecule has 0 bridgehead atoms. The van der Waals surface area contributed by atoms with Crippen molar-refractivity contribution in [1.82, 2.24) is 4.90 Å². The lowest BCUT2D eigenvalue weighted by Gasteiger charge is -2.33. The standard InChI is InChI=1S/C20H19NO4/c1-3-8-17(19(22)23)21(20(24)25-2)18-15-11-6-4-9-13(15)14-10-5-7-12-16(14)18/h3-7,9-12,17-18H,1,8H2,2H3,(H,22,23)/t17-/m1/s1. The van der Waals surface area contributed by atoms with Crippen molar-refractivity contribution in [2.75, 3.05) is 7.11 Å². The molecule has 0 heterocycles. The summed E-state index contributed by atoms with van der Waals surface area (Å²) in [6, 6.07) is 13.9. The van der Waals surface area contributed by atoms with Crippen LogP contribution in [-0.4, -0.2) is 35.2 Å². The maximum atomic E-state index is 12.5. The van der Waals surface area contributed by atoms with Gasteiger partial charge in [0.05, 0.1) is 13.2 Å². The van der Waals surface area contributed by atoms with Crippen molar-refractivity contribution >= 4 is 12.1 Å². The lowest BCUT2D eigenvalue weighted by Crippen LogP contribution is -2.46. The highest BCUT2D eigenvalue weighted by molar-refractivity contribution is 5.85. The number of nitrogens with zero attached hydrogens (tertiary/aromatic N) is 1. The summed E-state index contributed by atoms with van der Waals surface area (Å²) in [5.41, 5.74) is 3.79. The number of aliphatic carboxylic acids is 1. The van der Waals surface area contributed by atoms with Crippen molar-refractivity contribution in [3.8, 4) is 11.1 Å². The van der Waals surface area contributed by atoms with Gasteiger partial charge >= 0.3 is 12.1 Å². The van der Waals surface area contributed by atoms with E-state index in [-0.39, 0.29) is 6.42 Å². The molecule has 5 nitrogen and oxygen atoms in total. The van der Waals surface area contributed by atoms with Crippen LogP contribution in [0.4, 0.5) is 4.79 Å². The van der Waals surface area contributed by atoms with Crippen molar-refractivity contribution in [3.05, 3.63) is 72.3 Å². The number of carbonyl (C=O) groups excluding carboxylic acids is 1. The van der Waals surface area contributed by atoms with Crippen LogP contribution in [0.3, 0.4) is 0 Å². The molecule has 128 valence electrons. The number of rotatable bonds is 5. The quantitative estimate of drug-likeness (QED) is 0.842. The van der Waals surface area contributed by atoms with Gasteiger partial charge in [0, 0.05) is 0 Å². The lowest BCUT2D eigenvalue weighted by molar-refractivity contribution is -0.143. The summed E-state index contributed by atoms with van der Waals surface area (Å²) in [6.45, 7) is 3.62. The van der Waals surface area contributed by atoms with Crippen LogP contribution in [0.15, 0.2) is 61.2 Å². The molecule has 1 amide bonds. The third kappa shape index (κ3) is 2.78. The van der Waals surface area contributed by atoms with Gasteiger partial charge in [0.1, 0.15) is 6.04 Å². The summed E-state index contributed by atoms with van der Waals surface area (Å²) in [7, 11) is 1.26. The van der Waals surface area contributed by atoms with Crippen LogP contribution in [0.1, 0.15) is 23.6 Å². The fourth-order valence-electron chi connectivity index (χ4n) is 3.44. The van der Waals surface area contributed by atoms with Crippen LogP contribution in [0, 0.1) is 0 Å². The molecular formula is C20H19NO4. The molecule has 1 atom stereocenters. The van der Waals surface area contributed by atoms with Gasteiger partial charge in [0.2, 0.25) is 0 Å². The summed E-state index contributed by atoms with van der Waals surface area (Å²) in [5, 5.41) is 9.68. The van der Waals surface area contributed by atoms with E-state index >= 15 is 0 Å². The van der Waals surface area contributed by atoms with E-state index in [1.807, 2.05) is 48.5 Å². The third-order valence-electron chi connectivity index (χ3n) is 4.48. The monoisotopic (exact) mass is 337 g/mol. The summed E-state index contributed by atoms with van der Waals surface area (Å²) in [5.74, 6) is -1.09. The molecule has 0 spiro atoms. The molecule has 0 saturated carbocycles. The van der Waals surface area contributed by atoms with E-state index in [4.69, 9.17) is 4.74 Å². The number of carboxylic acids is 1. The Kier molecular flexibility index (Phi) is 4.57. The molecule has 5 heteroatoms. The summed E-state index contributed by atoms with van der Waals surface area (Å²) in [4.78, 5) is 25.7. The summed E-state index contributed by atoms with van der Waals surface area (Å²) >= 11 is 0. The molecule has 0 unspecified atom stereocenters. The predicted octanol–water partition coefficient (Wildman–Crippen LogP) is 3.85.